The number of amides is 2. The van der Waals surface area contributed by atoms with Crippen molar-refractivity contribution in [3.63, 3.8) is 0 Å². The molecule has 1 aromatic rings. The Bertz CT molecular complexity index is 583. The summed E-state index contributed by atoms with van der Waals surface area (Å²) in [5.41, 5.74) is 1.66. The minimum absolute atomic E-state index is 0.0104. The van der Waals surface area contributed by atoms with Gasteiger partial charge in [0.05, 0.1) is 17.7 Å². The van der Waals surface area contributed by atoms with Crippen molar-refractivity contribution in [2.75, 3.05) is 11.9 Å². The zero-order valence-corrected chi connectivity index (χ0v) is 11.3. The Labute approximate surface area is 116 Å². The van der Waals surface area contributed by atoms with Crippen LogP contribution in [-0.4, -0.2) is 40.4 Å². The molecule has 1 atom stereocenters. The van der Waals surface area contributed by atoms with Gasteiger partial charge in [-0.2, -0.15) is 0 Å². The second-order valence-electron chi connectivity index (χ2n) is 4.80. The topological polar surface area (TPSA) is 86.7 Å². The summed E-state index contributed by atoms with van der Waals surface area (Å²) in [5, 5.41) is 11.5. The van der Waals surface area contributed by atoms with Crippen LogP contribution in [0.3, 0.4) is 0 Å². The van der Waals surface area contributed by atoms with Crippen molar-refractivity contribution in [2.24, 2.45) is 0 Å². The van der Waals surface area contributed by atoms with E-state index in [2.05, 4.69) is 5.32 Å². The average molecular weight is 276 g/mol. The maximum Gasteiger partial charge on any atom is 0.305 e. The number of carboxylic acids is 1. The summed E-state index contributed by atoms with van der Waals surface area (Å²) in [6.07, 6.45) is -0.190. The molecule has 1 aromatic carbocycles. The Morgan fingerprint density at radius 2 is 2.10 bits per heavy atom. The molecule has 0 saturated carbocycles. The lowest BCUT2D eigenvalue weighted by molar-refractivity contribution is -0.137. The van der Waals surface area contributed by atoms with Gasteiger partial charge < -0.3 is 15.3 Å². The molecule has 6 nitrogen and oxygen atoms in total. The Kier molecular flexibility index (Phi) is 3.74. The van der Waals surface area contributed by atoms with Crippen LogP contribution < -0.4 is 5.32 Å². The molecular weight excluding hydrogens is 260 g/mol. The first-order chi connectivity index (χ1) is 9.41. The minimum atomic E-state index is -1.00. The molecule has 0 fully saturated rings. The van der Waals surface area contributed by atoms with Gasteiger partial charge in [-0.3, -0.25) is 14.4 Å². The van der Waals surface area contributed by atoms with E-state index in [1.165, 1.54) is 4.90 Å². The highest BCUT2D eigenvalue weighted by Crippen LogP contribution is 2.26. The number of carboxylic acid groups (broad SMARTS) is 1. The molecule has 1 aliphatic heterocycles. The number of fused-ring (bicyclic) bond motifs is 1. The molecule has 106 valence electrons. The van der Waals surface area contributed by atoms with Crippen LogP contribution >= 0.6 is 0 Å². The third kappa shape index (κ3) is 2.49. The third-order valence-corrected chi connectivity index (χ3v) is 3.42. The smallest absolute Gasteiger partial charge is 0.305 e. The molecule has 0 radical (unpaired) electrons. The van der Waals surface area contributed by atoms with E-state index < -0.39 is 12.0 Å². The van der Waals surface area contributed by atoms with Gasteiger partial charge in [-0.25, -0.2) is 0 Å². The van der Waals surface area contributed by atoms with Gasteiger partial charge in [0.2, 0.25) is 5.91 Å². The molecule has 0 spiro atoms. The van der Waals surface area contributed by atoms with E-state index in [9.17, 15) is 14.4 Å². The maximum absolute atomic E-state index is 12.6. The zero-order valence-electron chi connectivity index (χ0n) is 11.3. The molecule has 1 aliphatic rings. The molecule has 0 aliphatic carbocycles. The molecular formula is C14H16N2O4. The first-order valence-electron chi connectivity index (χ1n) is 6.35. The number of rotatable bonds is 3. The molecule has 6 heteroatoms. The Morgan fingerprint density at radius 3 is 2.75 bits per heavy atom. The lowest BCUT2D eigenvalue weighted by Crippen LogP contribution is -2.44. The Balaban J connectivity index is 2.43. The fourth-order valence-electron chi connectivity index (χ4n) is 2.27. The van der Waals surface area contributed by atoms with Crippen LogP contribution in [0.15, 0.2) is 18.2 Å². The monoisotopic (exact) mass is 276 g/mol. The summed E-state index contributed by atoms with van der Waals surface area (Å²) >= 11 is 0. The van der Waals surface area contributed by atoms with Crippen LogP contribution in [-0.2, 0) is 9.59 Å². The molecule has 0 aromatic heterocycles. The fourth-order valence-corrected chi connectivity index (χ4v) is 2.27. The number of benzene rings is 1. The van der Waals surface area contributed by atoms with Crippen molar-refractivity contribution in [2.45, 2.75) is 26.3 Å². The molecule has 1 heterocycles. The van der Waals surface area contributed by atoms with Crippen molar-refractivity contribution in [3.05, 3.63) is 29.3 Å². The van der Waals surface area contributed by atoms with E-state index in [-0.39, 0.29) is 24.8 Å². The SMILES string of the molecule is Cc1cccc2c1C(=O)N(CCC(=O)O)C(C)C(=O)N2. The normalized spacial score (nSPS) is 18.3. The molecule has 1 unspecified atom stereocenters. The number of hydrogen-bond acceptors (Lipinski definition) is 3. The van der Waals surface area contributed by atoms with Crippen LogP contribution in [0.2, 0.25) is 0 Å². The summed E-state index contributed by atoms with van der Waals surface area (Å²) in [4.78, 5) is 36.6. The van der Waals surface area contributed by atoms with Crippen LogP contribution in [0, 0.1) is 6.92 Å². The molecule has 0 saturated heterocycles. The van der Waals surface area contributed by atoms with Gasteiger partial charge in [0, 0.05) is 6.54 Å². The highest BCUT2D eigenvalue weighted by Gasteiger charge is 2.33. The summed E-state index contributed by atoms with van der Waals surface area (Å²) in [7, 11) is 0. The van der Waals surface area contributed by atoms with Crippen LogP contribution in [0.25, 0.3) is 0 Å². The number of anilines is 1. The number of aliphatic carboxylic acids is 1. The van der Waals surface area contributed by atoms with Crippen molar-refractivity contribution in [1.82, 2.24) is 4.90 Å². The van der Waals surface area contributed by atoms with Gasteiger partial charge in [0.1, 0.15) is 6.04 Å². The van der Waals surface area contributed by atoms with E-state index in [1.807, 2.05) is 0 Å². The molecule has 0 bridgehead atoms. The number of carbonyl (C=O) groups excluding carboxylic acids is 2. The summed E-state index contributed by atoms with van der Waals surface area (Å²) < 4.78 is 0. The Hall–Kier alpha value is -2.37. The number of nitrogens with one attached hydrogen (secondary N) is 1. The fraction of sp³-hybridized carbons (Fsp3) is 0.357. The summed E-state index contributed by atoms with van der Waals surface area (Å²) in [6.45, 7) is 3.39. The molecule has 20 heavy (non-hydrogen) atoms. The molecule has 2 rings (SSSR count). The highest BCUT2D eigenvalue weighted by molar-refractivity contribution is 6.10. The number of aryl methyl sites for hydroxylation is 1. The first-order valence-corrected chi connectivity index (χ1v) is 6.35. The van der Waals surface area contributed by atoms with Gasteiger partial charge >= 0.3 is 5.97 Å². The maximum atomic E-state index is 12.6. The first kappa shape index (κ1) is 14.0. The molecule has 2 N–H and O–H groups in total. The summed E-state index contributed by atoms with van der Waals surface area (Å²) in [6, 6.07) is 4.52. The number of nitrogens with zero attached hydrogens (tertiary/aromatic N) is 1. The second kappa shape index (κ2) is 5.32. The minimum Gasteiger partial charge on any atom is -0.481 e. The third-order valence-electron chi connectivity index (χ3n) is 3.42. The van der Waals surface area contributed by atoms with Gasteiger partial charge in [-0.05, 0) is 25.5 Å². The predicted octanol–water partition coefficient (Wildman–Crippen LogP) is 1.25. The van der Waals surface area contributed by atoms with Crippen molar-refractivity contribution < 1.29 is 19.5 Å². The summed E-state index contributed by atoms with van der Waals surface area (Å²) in [5.74, 6) is -1.63. The van der Waals surface area contributed by atoms with E-state index in [0.29, 0.717) is 11.3 Å². The van der Waals surface area contributed by atoms with Crippen molar-refractivity contribution >= 4 is 23.5 Å². The van der Waals surface area contributed by atoms with E-state index in [1.54, 1.807) is 32.0 Å². The standard InChI is InChI=1S/C14H16N2O4/c1-8-4-3-5-10-12(8)14(20)16(7-6-11(17)18)9(2)13(19)15-10/h3-5,9H,6-7H2,1-2H3,(H,15,19)(H,17,18). The largest absolute Gasteiger partial charge is 0.481 e. The van der Waals surface area contributed by atoms with Crippen LogP contribution in [0.4, 0.5) is 5.69 Å². The van der Waals surface area contributed by atoms with Crippen molar-refractivity contribution in [1.29, 1.82) is 0 Å². The van der Waals surface area contributed by atoms with Crippen LogP contribution in [0.1, 0.15) is 29.3 Å². The zero-order chi connectivity index (χ0) is 14.9. The quantitative estimate of drug-likeness (QED) is 0.870. The Morgan fingerprint density at radius 1 is 1.40 bits per heavy atom. The average Bonchev–Trinajstić information content (AvgIpc) is 2.45. The van der Waals surface area contributed by atoms with Crippen LogP contribution in [0.5, 0.6) is 0 Å². The van der Waals surface area contributed by atoms with E-state index >= 15 is 0 Å². The number of carbonyl (C=O) groups is 3. The predicted molar refractivity (Wildman–Crippen MR) is 72.6 cm³/mol. The second-order valence-corrected chi connectivity index (χ2v) is 4.80. The van der Waals surface area contributed by atoms with E-state index in [0.717, 1.165) is 5.56 Å². The van der Waals surface area contributed by atoms with Gasteiger partial charge in [-0.15, -0.1) is 0 Å². The van der Waals surface area contributed by atoms with Gasteiger partial charge in [0.25, 0.3) is 5.91 Å². The van der Waals surface area contributed by atoms with Gasteiger partial charge in [-0.1, -0.05) is 12.1 Å². The van der Waals surface area contributed by atoms with E-state index in [4.69, 9.17) is 5.11 Å². The lowest BCUT2D eigenvalue weighted by atomic mass is 10.1. The van der Waals surface area contributed by atoms with Gasteiger partial charge in [0.15, 0.2) is 0 Å². The van der Waals surface area contributed by atoms with Crippen molar-refractivity contribution in [3.8, 4) is 0 Å². The number of hydrogen-bond donors (Lipinski definition) is 2. The highest BCUT2D eigenvalue weighted by atomic mass is 16.4. The molecule has 2 amide bonds. The lowest BCUT2D eigenvalue weighted by Gasteiger charge is -2.25.